The lowest BCUT2D eigenvalue weighted by Gasteiger charge is -2.15. The second kappa shape index (κ2) is 6.01. The van der Waals surface area contributed by atoms with E-state index < -0.39 is 10.0 Å². The van der Waals surface area contributed by atoms with Crippen LogP contribution in [0.15, 0.2) is 35.2 Å². The van der Waals surface area contributed by atoms with E-state index in [0.717, 1.165) is 16.7 Å². The van der Waals surface area contributed by atoms with Crippen LogP contribution < -0.4 is 9.46 Å². The van der Waals surface area contributed by atoms with Gasteiger partial charge in [0, 0.05) is 0 Å². The Balaban J connectivity index is 2.47. The third-order valence-electron chi connectivity index (χ3n) is 3.83. The van der Waals surface area contributed by atoms with E-state index in [-0.39, 0.29) is 4.90 Å². The zero-order valence-electron chi connectivity index (χ0n) is 13.5. The third-order valence-corrected chi connectivity index (χ3v) is 5.34. The largest absolute Gasteiger partial charge is 0.496 e. The SMILES string of the molecule is COc1ccc(S(=O)(=O)Nc2cc(C)ccc2C)c(C)c1C. The molecule has 0 saturated heterocycles. The van der Waals surface area contributed by atoms with E-state index >= 15 is 0 Å². The number of benzene rings is 2. The highest BCUT2D eigenvalue weighted by Crippen LogP contribution is 2.28. The molecule has 22 heavy (non-hydrogen) atoms. The fourth-order valence-electron chi connectivity index (χ4n) is 2.33. The monoisotopic (exact) mass is 319 g/mol. The molecule has 0 aliphatic rings. The van der Waals surface area contributed by atoms with Gasteiger partial charge >= 0.3 is 0 Å². The molecular formula is C17H21NO3S. The number of hydrogen-bond acceptors (Lipinski definition) is 3. The molecule has 2 rings (SSSR count). The Morgan fingerprint density at radius 3 is 2.27 bits per heavy atom. The van der Waals surface area contributed by atoms with E-state index in [0.29, 0.717) is 17.0 Å². The Labute approximate surface area is 132 Å². The number of anilines is 1. The second-order valence-corrected chi connectivity index (χ2v) is 7.09. The van der Waals surface area contributed by atoms with Crippen molar-refractivity contribution in [1.82, 2.24) is 0 Å². The summed E-state index contributed by atoms with van der Waals surface area (Å²) in [4.78, 5) is 0.270. The van der Waals surface area contributed by atoms with Crippen molar-refractivity contribution in [2.24, 2.45) is 0 Å². The average molecular weight is 319 g/mol. The summed E-state index contributed by atoms with van der Waals surface area (Å²) in [6.45, 7) is 7.45. The van der Waals surface area contributed by atoms with Crippen LogP contribution in [0.2, 0.25) is 0 Å². The highest BCUT2D eigenvalue weighted by molar-refractivity contribution is 7.92. The molecule has 0 radical (unpaired) electrons. The first-order valence-corrected chi connectivity index (χ1v) is 8.49. The first kappa shape index (κ1) is 16.4. The predicted molar refractivity (Wildman–Crippen MR) is 89.2 cm³/mol. The maximum atomic E-state index is 12.7. The van der Waals surface area contributed by atoms with Gasteiger partial charge in [-0.2, -0.15) is 0 Å². The maximum absolute atomic E-state index is 12.7. The number of aryl methyl sites for hydroxylation is 2. The molecule has 2 aromatic carbocycles. The van der Waals surface area contributed by atoms with E-state index in [9.17, 15) is 8.42 Å². The zero-order valence-corrected chi connectivity index (χ0v) is 14.3. The summed E-state index contributed by atoms with van der Waals surface area (Å²) in [5.74, 6) is 0.684. The summed E-state index contributed by atoms with van der Waals surface area (Å²) in [7, 11) is -2.06. The lowest BCUT2D eigenvalue weighted by molar-refractivity contribution is 0.411. The summed E-state index contributed by atoms with van der Waals surface area (Å²) >= 11 is 0. The molecule has 2 aromatic rings. The van der Waals surface area contributed by atoms with E-state index in [2.05, 4.69) is 4.72 Å². The fraction of sp³-hybridized carbons (Fsp3) is 0.294. The molecular weight excluding hydrogens is 298 g/mol. The summed E-state index contributed by atoms with van der Waals surface area (Å²) in [6.07, 6.45) is 0. The Bertz CT molecular complexity index is 811. The maximum Gasteiger partial charge on any atom is 0.262 e. The van der Waals surface area contributed by atoms with Gasteiger partial charge in [0.25, 0.3) is 10.0 Å². The molecule has 4 nitrogen and oxygen atoms in total. The van der Waals surface area contributed by atoms with Gasteiger partial charge in [0.1, 0.15) is 5.75 Å². The smallest absolute Gasteiger partial charge is 0.262 e. The van der Waals surface area contributed by atoms with Gasteiger partial charge < -0.3 is 4.74 Å². The number of ether oxygens (including phenoxy) is 1. The summed E-state index contributed by atoms with van der Waals surface area (Å²) in [5, 5.41) is 0. The van der Waals surface area contributed by atoms with E-state index in [4.69, 9.17) is 4.74 Å². The zero-order chi connectivity index (χ0) is 16.5. The average Bonchev–Trinajstić information content (AvgIpc) is 2.45. The Morgan fingerprint density at radius 2 is 1.64 bits per heavy atom. The number of sulfonamides is 1. The van der Waals surface area contributed by atoms with Crippen LogP contribution >= 0.6 is 0 Å². The third kappa shape index (κ3) is 3.09. The molecule has 0 bridgehead atoms. The first-order valence-electron chi connectivity index (χ1n) is 7.00. The summed E-state index contributed by atoms with van der Waals surface area (Å²) < 4.78 is 33.3. The topological polar surface area (TPSA) is 55.4 Å². The molecule has 5 heteroatoms. The van der Waals surface area contributed by atoms with Crippen molar-refractivity contribution in [3.8, 4) is 5.75 Å². The van der Waals surface area contributed by atoms with Crippen LogP contribution in [0.1, 0.15) is 22.3 Å². The minimum atomic E-state index is -3.64. The highest BCUT2D eigenvalue weighted by Gasteiger charge is 2.20. The lowest BCUT2D eigenvalue weighted by Crippen LogP contribution is -2.15. The Morgan fingerprint density at radius 1 is 0.955 bits per heavy atom. The van der Waals surface area contributed by atoms with Crippen molar-refractivity contribution >= 4 is 15.7 Å². The lowest BCUT2D eigenvalue weighted by atomic mass is 10.1. The quantitative estimate of drug-likeness (QED) is 0.934. The van der Waals surface area contributed by atoms with Gasteiger partial charge in [0.05, 0.1) is 17.7 Å². The van der Waals surface area contributed by atoms with Crippen molar-refractivity contribution in [3.05, 3.63) is 52.6 Å². The molecule has 0 heterocycles. The van der Waals surface area contributed by atoms with Crippen molar-refractivity contribution in [3.63, 3.8) is 0 Å². The van der Waals surface area contributed by atoms with E-state index in [1.165, 1.54) is 0 Å². The predicted octanol–water partition coefficient (Wildman–Crippen LogP) is 3.73. The number of nitrogens with one attached hydrogen (secondary N) is 1. The van der Waals surface area contributed by atoms with Crippen LogP contribution in [-0.2, 0) is 10.0 Å². The van der Waals surface area contributed by atoms with Crippen molar-refractivity contribution in [2.75, 3.05) is 11.8 Å². The molecule has 0 aliphatic carbocycles. The normalized spacial score (nSPS) is 11.3. The fourth-order valence-corrected chi connectivity index (χ4v) is 3.75. The molecule has 0 spiro atoms. The molecule has 0 fully saturated rings. The van der Waals surface area contributed by atoms with Gasteiger partial charge in [0.2, 0.25) is 0 Å². The molecule has 0 aromatic heterocycles. The highest BCUT2D eigenvalue weighted by atomic mass is 32.2. The number of hydrogen-bond donors (Lipinski definition) is 1. The van der Waals surface area contributed by atoms with E-state index in [1.807, 2.05) is 39.0 Å². The van der Waals surface area contributed by atoms with Gasteiger partial charge in [-0.05, 0) is 68.1 Å². The van der Waals surface area contributed by atoms with E-state index in [1.54, 1.807) is 26.2 Å². The van der Waals surface area contributed by atoms with Gasteiger partial charge in [-0.25, -0.2) is 8.42 Å². The molecule has 0 unspecified atom stereocenters. The van der Waals surface area contributed by atoms with Crippen LogP contribution in [0.25, 0.3) is 0 Å². The molecule has 0 atom stereocenters. The van der Waals surface area contributed by atoms with Crippen LogP contribution in [0, 0.1) is 27.7 Å². The molecule has 118 valence electrons. The second-order valence-electron chi connectivity index (χ2n) is 5.44. The minimum absolute atomic E-state index is 0.270. The molecule has 0 amide bonds. The minimum Gasteiger partial charge on any atom is -0.496 e. The van der Waals surface area contributed by atoms with Crippen LogP contribution in [0.5, 0.6) is 5.75 Å². The summed E-state index contributed by atoms with van der Waals surface area (Å²) in [5.41, 5.74) is 4.01. The Hall–Kier alpha value is -2.01. The van der Waals surface area contributed by atoms with Gasteiger partial charge in [-0.15, -0.1) is 0 Å². The molecule has 1 N–H and O–H groups in total. The molecule has 0 saturated carbocycles. The van der Waals surface area contributed by atoms with Crippen molar-refractivity contribution < 1.29 is 13.2 Å². The summed E-state index contributed by atoms with van der Waals surface area (Å²) in [6, 6.07) is 8.95. The molecule has 0 aliphatic heterocycles. The van der Waals surface area contributed by atoms with Crippen molar-refractivity contribution in [1.29, 1.82) is 0 Å². The van der Waals surface area contributed by atoms with Crippen LogP contribution in [0.4, 0.5) is 5.69 Å². The van der Waals surface area contributed by atoms with Gasteiger partial charge in [0.15, 0.2) is 0 Å². The van der Waals surface area contributed by atoms with Gasteiger partial charge in [-0.1, -0.05) is 12.1 Å². The first-order chi connectivity index (χ1) is 10.3. The van der Waals surface area contributed by atoms with Crippen LogP contribution in [-0.4, -0.2) is 15.5 Å². The van der Waals surface area contributed by atoms with Crippen molar-refractivity contribution in [2.45, 2.75) is 32.6 Å². The number of methoxy groups -OCH3 is 1. The number of rotatable bonds is 4. The Kier molecular flexibility index (Phi) is 4.47. The van der Waals surface area contributed by atoms with Gasteiger partial charge in [-0.3, -0.25) is 4.72 Å². The standard InChI is InChI=1S/C17H21NO3S/c1-11-6-7-12(2)15(10-11)18-22(19,20)17-9-8-16(21-5)13(3)14(17)4/h6-10,18H,1-5H3. The van der Waals surface area contributed by atoms with Crippen LogP contribution in [0.3, 0.4) is 0 Å².